The van der Waals surface area contributed by atoms with E-state index in [9.17, 15) is 30.0 Å². The lowest BCUT2D eigenvalue weighted by Gasteiger charge is -2.25. The van der Waals surface area contributed by atoms with Gasteiger partial charge in [-0.2, -0.15) is 0 Å². The first-order chi connectivity index (χ1) is 24.3. The Labute approximate surface area is 307 Å². The maximum Gasteiger partial charge on any atom is 0.330 e. The van der Waals surface area contributed by atoms with E-state index >= 15 is 0 Å². The van der Waals surface area contributed by atoms with Crippen molar-refractivity contribution in [2.75, 3.05) is 13.2 Å². The number of carbonyl (C=O) groups excluding carboxylic acids is 2. The molecule has 296 valence electrons. The smallest absolute Gasteiger partial charge is 0.330 e. The van der Waals surface area contributed by atoms with Crippen molar-refractivity contribution >= 4 is 11.9 Å². The van der Waals surface area contributed by atoms with Crippen molar-refractivity contribution in [1.29, 1.82) is 0 Å². The van der Waals surface area contributed by atoms with Crippen LogP contribution in [0.3, 0.4) is 0 Å². The lowest BCUT2D eigenvalue weighted by Crippen LogP contribution is -2.52. The largest absolute Gasteiger partial charge is 0.460 e. The number of ether oxygens (including phenoxy) is 1. The number of aliphatic hydroxyl groups is 4. The van der Waals surface area contributed by atoms with Gasteiger partial charge in [0.25, 0.3) is 5.91 Å². The van der Waals surface area contributed by atoms with E-state index in [0.29, 0.717) is 6.54 Å². The van der Waals surface area contributed by atoms with Crippen LogP contribution < -0.4 is 5.32 Å². The highest BCUT2D eigenvalue weighted by molar-refractivity contribution is 5.82. The zero-order valence-corrected chi connectivity index (χ0v) is 32.6. The molecule has 0 aromatic heterocycles. The first kappa shape index (κ1) is 48.5. The molecule has 8 heteroatoms. The molecular formula is C42H81NO7. The summed E-state index contributed by atoms with van der Waals surface area (Å²) in [6.45, 7) is 4.31. The number of nitrogens with one attached hydrogen (secondary N) is 1. The molecule has 0 bridgehead atoms. The molecule has 0 aliphatic heterocycles. The predicted molar refractivity (Wildman–Crippen MR) is 207 cm³/mol. The van der Waals surface area contributed by atoms with Crippen LogP contribution >= 0.6 is 0 Å². The van der Waals surface area contributed by atoms with E-state index in [2.05, 4.69) is 19.2 Å². The molecule has 0 fully saturated rings. The molecule has 50 heavy (non-hydrogen) atoms. The number of amides is 1. The van der Waals surface area contributed by atoms with Gasteiger partial charge in [-0.1, -0.05) is 193 Å². The number of carbonyl (C=O) groups is 2. The fraction of sp³-hybridized carbons (Fsp3) is 0.905. The summed E-state index contributed by atoms with van der Waals surface area (Å²) in [6.07, 6.45) is 33.3. The summed E-state index contributed by atoms with van der Waals surface area (Å²) in [5.74, 6) is -1.46. The summed E-state index contributed by atoms with van der Waals surface area (Å²) in [4.78, 5) is 24.2. The van der Waals surface area contributed by atoms with Crippen LogP contribution in [0.5, 0.6) is 0 Å². The number of unbranched alkanes of at least 4 members (excludes halogenated alkanes) is 28. The minimum atomic E-state index is -1.92. The van der Waals surface area contributed by atoms with Gasteiger partial charge in [0.05, 0.1) is 0 Å². The van der Waals surface area contributed by atoms with Crippen LogP contribution in [0.2, 0.25) is 0 Å². The molecule has 8 nitrogen and oxygen atoms in total. The minimum Gasteiger partial charge on any atom is -0.460 e. The second kappa shape index (κ2) is 37.3. The summed E-state index contributed by atoms with van der Waals surface area (Å²) < 4.78 is 4.97. The fourth-order valence-corrected chi connectivity index (χ4v) is 6.33. The first-order valence-corrected chi connectivity index (χ1v) is 21.2. The van der Waals surface area contributed by atoms with Crippen LogP contribution in [0.15, 0.2) is 12.2 Å². The van der Waals surface area contributed by atoms with E-state index in [1.165, 1.54) is 160 Å². The molecule has 0 saturated carbocycles. The molecule has 5 N–H and O–H groups in total. The van der Waals surface area contributed by atoms with Gasteiger partial charge in [0.15, 0.2) is 6.10 Å². The zero-order valence-electron chi connectivity index (χ0n) is 32.6. The van der Waals surface area contributed by atoms with E-state index < -0.39 is 42.9 Å². The van der Waals surface area contributed by atoms with Crippen molar-refractivity contribution in [3.05, 3.63) is 12.2 Å². The Morgan fingerprint density at radius 1 is 0.520 bits per heavy atom. The number of aliphatic hydroxyl groups excluding tert-OH is 4. The van der Waals surface area contributed by atoms with Gasteiger partial charge in [0.2, 0.25) is 0 Å². The fourth-order valence-electron chi connectivity index (χ4n) is 6.33. The van der Waals surface area contributed by atoms with Gasteiger partial charge >= 0.3 is 5.97 Å². The average Bonchev–Trinajstić information content (AvgIpc) is 3.12. The van der Waals surface area contributed by atoms with Crippen molar-refractivity contribution in [3.63, 3.8) is 0 Å². The van der Waals surface area contributed by atoms with Crippen molar-refractivity contribution in [1.82, 2.24) is 5.32 Å². The molecule has 0 saturated heterocycles. The summed E-state index contributed by atoms with van der Waals surface area (Å²) in [5, 5.41) is 43.3. The molecule has 0 aromatic carbocycles. The third-order valence-corrected chi connectivity index (χ3v) is 9.79. The van der Waals surface area contributed by atoms with Gasteiger partial charge < -0.3 is 30.5 Å². The van der Waals surface area contributed by atoms with Gasteiger partial charge in [0, 0.05) is 12.6 Å². The molecule has 0 aliphatic carbocycles. The van der Waals surface area contributed by atoms with Gasteiger partial charge in [-0.25, -0.2) is 4.79 Å². The Balaban J connectivity index is 3.77. The monoisotopic (exact) mass is 712 g/mol. The van der Waals surface area contributed by atoms with E-state index in [-0.39, 0.29) is 0 Å². The van der Waals surface area contributed by atoms with Crippen molar-refractivity contribution in [2.45, 2.75) is 231 Å². The third kappa shape index (κ3) is 31.3. The number of allylic oxidation sites excluding steroid dienone is 1. The maximum absolute atomic E-state index is 12.2. The quantitative estimate of drug-likeness (QED) is 0.0245. The van der Waals surface area contributed by atoms with Crippen LogP contribution in [-0.4, -0.2) is 69.9 Å². The summed E-state index contributed by atoms with van der Waals surface area (Å²) in [5.41, 5.74) is 0. The van der Waals surface area contributed by atoms with E-state index in [1.54, 1.807) is 6.08 Å². The standard InChI is InChI=1S/C42H81NO7/c1-3-5-7-9-11-13-15-17-19-21-23-25-27-29-31-33-35-43-42(49)41(48)40(47)39(46)37(44)36-50-38(45)34-32-30-28-26-24-22-20-18-16-14-12-10-8-6-4-2/h32,34,37,39-41,44,46-48H,3-31,33,35-36H2,1-2H3,(H,43,49). The number of rotatable bonds is 38. The zero-order chi connectivity index (χ0) is 36.9. The predicted octanol–water partition coefficient (Wildman–Crippen LogP) is 9.39. The van der Waals surface area contributed by atoms with Crippen LogP contribution in [0.25, 0.3) is 0 Å². The average molecular weight is 712 g/mol. The molecule has 0 rings (SSSR count). The van der Waals surface area contributed by atoms with Gasteiger partial charge in [-0.05, 0) is 19.3 Å². The Morgan fingerprint density at radius 2 is 0.880 bits per heavy atom. The molecule has 1 amide bonds. The molecule has 0 radical (unpaired) electrons. The van der Waals surface area contributed by atoms with Crippen molar-refractivity contribution in [2.24, 2.45) is 0 Å². The number of esters is 1. The highest BCUT2D eigenvalue weighted by atomic mass is 16.5. The molecule has 0 heterocycles. The SMILES string of the molecule is CCCCCCCCCCCCCCCC=CC(=O)OCC(O)C(O)C(O)C(O)C(=O)NCCCCCCCCCCCCCCCCCC. The van der Waals surface area contributed by atoms with Crippen molar-refractivity contribution < 1.29 is 34.8 Å². The first-order valence-electron chi connectivity index (χ1n) is 21.2. The van der Waals surface area contributed by atoms with Crippen molar-refractivity contribution in [3.8, 4) is 0 Å². The summed E-state index contributed by atoms with van der Waals surface area (Å²) >= 11 is 0. The van der Waals surface area contributed by atoms with Gasteiger partial charge in [-0.15, -0.1) is 0 Å². The minimum absolute atomic E-state index is 0.364. The van der Waals surface area contributed by atoms with Crippen LogP contribution in [0, 0.1) is 0 Å². The normalized spacial score (nSPS) is 14.1. The molecule has 0 aliphatic rings. The lowest BCUT2D eigenvalue weighted by atomic mass is 10.0. The molecular weight excluding hydrogens is 630 g/mol. The topological polar surface area (TPSA) is 136 Å². The highest BCUT2D eigenvalue weighted by Gasteiger charge is 2.34. The Hall–Kier alpha value is -1.48. The van der Waals surface area contributed by atoms with E-state index in [0.717, 1.165) is 38.5 Å². The van der Waals surface area contributed by atoms with E-state index in [1.807, 2.05) is 0 Å². The van der Waals surface area contributed by atoms with Crippen LogP contribution in [0.4, 0.5) is 0 Å². The maximum atomic E-state index is 12.2. The van der Waals surface area contributed by atoms with Crippen LogP contribution in [0.1, 0.15) is 206 Å². The summed E-state index contributed by atoms with van der Waals surface area (Å²) in [7, 11) is 0. The number of hydrogen-bond acceptors (Lipinski definition) is 7. The molecule has 0 aromatic rings. The van der Waals surface area contributed by atoms with E-state index in [4.69, 9.17) is 4.74 Å². The molecule has 4 unspecified atom stereocenters. The Morgan fingerprint density at radius 3 is 1.28 bits per heavy atom. The number of hydrogen-bond donors (Lipinski definition) is 5. The second-order valence-corrected chi connectivity index (χ2v) is 14.7. The van der Waals surface area contributed by atoms with Gasteiger partial charge in [0.1, 0.15) is 24.9 Å². The lowest BCUT2D eigenvalue weighted by molar-refractivity contribution is -0.156. The van der Waals surface area contributed by atoms with Gasteiger partial charge in [-0.3, -0.25) is 4.79 Å². The Kier molecular flexibility index (Phi) is 36.2. The third-order valence-electron chi connectivity index (χ3n) is 9.79. The molecule has 0 spiro atoms. The second-order valence-electron chi connectivity index (χ2n) is 14.7. The summed E-state index contributed by atoms with van der Waals surface area (Å²) in [6, 6.07) is 0. The van der Waals surface area contributed by atoms with Crippen LogP contribution in [-0.2, 0) is 14.3 Å². The Bertz CT molecular complexity index is 777. The molecule has 4 atom stereocenters. The highest BCUT2D eigenvalue weighted by Crippen LogP contribution is 2.15.